The van der Waals surface area contributed by atoms with Crippen LogP contribution >= 0.6 is 22.6 Å². The van der Waals surface area contributed by atoms with E-state index in [-0.39, 0.29) is 3.55 Å². The van der Waals surface area contributed by atoms with Gasteiger partial charge in [0.05, 0.1) is 0 Å². The van der Waals surface area contributed by atoms with Crippen molar-refractivity contribution in [3.8, 4) is 0 Å². The maximum Gasteiger partial charge on any atom is 0.107 e. The van der Waals surface area contributed by atoms with Gasteiger partial charge in [0.1, 0.15) is 3.55 Å². The maximum absolute atomic E-state index is 2.45. The van der Waals surface area contributed by atoms with Crippen molar-refractivity contribution in [2.75, 3.05) is 11.9 Å². The van der Waals surface area contributed by atoms with Gasteiger partial charge in [-0.25, -0.2) is 0 Å². The molecule has 68 valence electrons. The number of likely N-dealkylation sites (N-methyl/N-ethyl adjacent to an activating group) is 1. The first-order chi connectivity index (χ1) is 6.11. The quantitative estimate of drug-likeness (QED) is 0.401. The molecule has 1 aromatic rings. The SMILES string of the molecule is CN1c2ccccc2C=CC1(C)I. The van der Waals surface area contributed by atoms with E-state index in [9.17, 15) is 0 Å². The number of halogens is 1. The number of para-hydroxylation sites is 1. The van der Waals surface area contributed by atoms with E-state index in [0.717, 1.165) is 0 Å². The van der Waals surface area contributed by atoms with Gasteiger partial charge in [-0.3, -0.25) is 0 Å². The minimum atomic E-state index is 0.103. The number of rotatable bonds is 0. The molecule has 1 unspecified atom stereocenters. The first-order valence-corrected chi connectivity index (χ1v) is 5.40. The van der Waals surface area contributed by atoms with Crippen LogP contribution in [0.25, 0.3) is 6.08 Å². The monoisotopic (exact) mass is 285 g/mol. The molecule has 0 N–H and O–H groups in total. The highest BCUT2D eigenvalue weighted by Gasteiger charge is 2.26. The summed E-state index contributed by atoms with van der Waals surface area (Å²) in [5, 5.41) is 0. The van der Waals surface area contributed by atoms with Gasteiger partial charge in [0, 0.05) is 12.7 Å². The molecule has 13 heavy (non-hydrogen) atoms. The Labute approximate surface area is 92.6 Å². The molecular weight excluding hydrogens is 273 g/mol. The zero-order valence-corrected chi connectivity index (χ0v) is 9.95. The van der Waals surface area contributed by atoms with E-state index in [4.69, 9.17) is 0 Å². The molecule has 1 atom stereocenters. The predicted octanol–water partition coefficient (Wildman–Crippen LogP) is 3.30. The summed E-state index contributed by atoms with van der Waals surface area (Å²) in [6.07, 6.45) is 4.43. The molecule has 2 heteroatoms. The van der Waals surface area contributed by atoms with E-state index in [1.807, 2.05) is 0 Å². The van der Waals surface area contributed by atoms with Crippen LogP contribution in [0, 0.1) is 0 Å². The van der Waals surface area contributed by atoms with Crippen molar-refractivity contribution in [2.45, 2.75) is 10.5 Å². The minimum Gasteiger partial charge on any atom is -0.356 e. The van der Waals surface area contributed by atoms with Gasteiger partial charge in [-0.05, 0) is 24.6 Å². The van der Waals surface area contributed by atoms with Gasteiger partial charge in [0.15, 0.2) is 0 Å². The summed E-state index contributed by atoms with van der Waals surface area (Å²) in [5.74, 6) is 0. The lowest BCUT2D eigenvalue weighted by atomic mass is 10.0. The average Bonchev–Trinajstić information content (AvgIpc) is 2.13. The number of hydrogen-bond acceptors (Lipinski definition) is 1. The number of fused-ring (bicyclic) bond motifs is 1. The second-order valence-corrected chi connectivity index (χ2v) is 5.66. The topological polar surface area (TPSA) is 3.24 Å². The zero-order valence-electron chi connectivity index (χ0n) is 7.79. The Morgan fingerprint density at radius 1 is 1.31 bits per heavy atom. The molecule has 0 aromatic heterocycles. The fraction of sp³-hybridized carbons (Fsp3) is 0.273. The Hall–Kier alpha value is -0.510. The molecule has 0 amide bonds. The van der Waals surface area contributed by atoms with Crippen LogP contribution < -0.4 is 4.90 Å². The lowest BCUT2D eigenvalue weighted by molar-refractivity contribution is 0.790. The molecule has 1 heterocycles. The molecule has 0 aliphatic carbocycles. The van der Waals surface area contributed by atoms with E-state index >= 15 is 0 Å². The van der Waals surface area contributed by atoms with Crippen LogP contribution in [0.15, 0.2) is 30.3 Å². The van der Waals surface area contributed by atoms with Crippen LogP contribution in [-0.4, -0.2) is 10.6 Å². The van der Waals surface area contributed by atoms with E-state index in [2.05, 4.69) is 77.9 Å². The van der Waals surface area contributed by atoms with Gasteiger partial charge in [0.2, 0.25) is 0 Å². The minimum absolute atomic E-state index is 0.103. The fourth-order valence-corrected chi connectivity index (χ4v) is 1.96. The van der Waals surface area contributed by atoms with Crippen LogP contribution in [-0.2, 0) is 0 Å². The third-order valence-electron chi connectivity index (χ3n) is 2.52. The molecule has 0 fully saturated rings. The summed E-state index contributed by atoms with van der Waals surface area (Å²) in [7, 11) is 2.13. The van der Waals surface area contributed by atoms with Crippen LogP contribution in [0.4, 0.5) is 5.69 Å². The maximum atomic E-state index is 2.45. The summed E-state index contributed by atoms with van der Waals surface area (Å²) in [4.78, 5) is 2.29. The molecule has 0 radical (unpaired) electrons. The average molecular weight is 285 g/mol. The van der Waals surface area contributed by atoms with Crippen molar-refractivity contribution in [1.29, 1.82) is 0 Å². The van der Waals surface area contributed by atoms with Crippen molar-refractivity contribution in [2.24, 2.45) is 0 Å². The smallest absolute Gasteiger partial charge is 0.107 e. The Kier molecular flexibility index (Phi) is 2.10. The zero-order chi connectivity index (χ0) is 9.47. The molecule has 2 rings (SSSR count). The molecule has 1 aromatic carbocycles. The summed E-state index contributed by atoms with van der Waals surface area (Å²) in [5.41, 5.74) is 2.61. The largest absolute Gasteiger partial charge is 0.356 e. The Morgan fingerprint density at radius 2 is 2.00 bits per heavy atom. The van der Waals surface area contributed by atoms with Crippen molar-refractivity contribution < 1.29 is 0 Å². The molecule has 1 aliphatic rings. The number of benzene rings is 1. The molecule has 0 spiro atoms. The van der Waals surface area contributed by atoms with E-state index in [1.165, 1.54) is 11.3 Å². The normalized spacial score (nSPS) is 25.9. The molecule has 0 saturated carbocycles. The highest BCUT2D eigenvalue weighted by molar-refractivity contribution is 14.1. The number of anilines is 1. The van der Waals surface area contributed by atoms with Crippen LogP contribution in [0.2, 0.25) is 0 Å². The molecule has 0 saturated heterocycles. The lowest BCUT2D eigenvalue weighted by Crippen LogP contribution is -2.38. The molecule has 0 bridgehead atoms. The van der Waals surface area contributed by atoms with Gasteiger partial charge < -0.3 is 4.90 Å². The van der Waals surface area contributed by atoms with Crippen molar-refractivity contribution in [1.82, 2.24) is 0 Å². The highest BCUT2D eigenvalue weighted by atomic mass is 127. The Morgan fingerprint density at radius 3 is 2.77 bits per heavy atom. The summed E-state index contributed by atoms with van der Waals surface area (Å²) >= 11 is 2.45. The first-order valence-electron chi connectivity index (χ1n) is 4.32. The lowest BCUT2D eigenvalue weighted by Gasteiger charge is -2.37. The van der Waals surface area contributed by atoms with Gasteiger partial charge in [-0.1, -0.05) is 46.9 Å². The Balaban J connectivity index is 2.55. The van der Waals surface area contributed by atoms with E-state index < -0.39 is 0 Å². The van der Waals surface area contributed by atoms with Gasteiger partial charge in [0.25, 0.3) is 0 Å². The number of hydrogen-bond donors (Lipinski definition) is 0. The Bertz CT molecular complexity index is 355. The first kappa shape index (κ1) is 9.06. The summed E-state index contributed by atoms with van der Waals surface area (Å²) in [6.45, 7) is 2.21. The van der Waals surface area contributed by atoms with Crippen LogP contribution in [0.1, 0.15) is 12.5 Å². The number of nitrogens with zero attached hydrogens (tertiary/aromatic N) is 1. The van der Waals surface area contributed by atoms with Crippen molar-refractivity contribution >= 4 is 34.4 Å². The molecular formula is C11H12IN. The second-order valence-electron chi connectivity index (χ2n) is 3.48. The van der Waals surface area contributed by atoms with Gasteiger partial charge in [-0.2, -0.15) is 0 Å². The fourth-order valence-electron chi connectivity index (χ4n) is 1.52. The molecule has 1 nitrogen and oxygen atoms in total. The molecule has 1 aliphatic heterocycles. The van der Waals surface area contributed by atoms with Gasteiger partial charge in [-0.15, -0.1) is 0 Å². The third kappa shape index (κ3) is 1.47. The van der Waals surface area contributed by atoms with Crippen molar-refractivity contribution in [3.05, 3.63) is 35.9 Å². The van der Waals surface area contributed by atoms with Gasteiger partial charge >= 0.3 is 0 Å². The van der Waals surface area contributed by atoms with Crippen LogP contribution in [0.5, 0.6) is 0 Å². The van der Waals surface area contributed by atoms with Crippen molar-refractivity contribution in [3.63, 3.8) is 0 Å². The highest BCUT2D eigenvalue weighted by Crippen LogP contribution is 2.36. The standard InChI is InChI=1S/C11H12IN/c1-11(12)8-7-9-5-3-4-6-10(9)13(11)2/h3-8H,1-2H3. The third-order valence-corrected chi connectivity index (χ3v) is 3.60. The summed E-state index contributed by atoms with van der Waals surface area (Å²) < 4.78 is 0.103. The van der Waals surface area contributed by atoms with Crippen LogP contribution in [0.3, 0.4) is 0 Å². The number of alkyl halides is 1. The van der Waals surface area contributed by atoms with E-state index in [1.54, 1.807) is 0 Å². The van der Waals surface area contributed by atoms with E-state index in [0.29, 0.717) is 0 Å². The second kappa shape index (κ2) is 3.01. The predicted molar refractivity (Wildman–Crippen MR) is 66.3 cm³/mol. The summed E-state index contributed by atoms with van der Waals surface area (Å²) in [6, 6.07) is 8.47.